The van der Waals surface area contributed by atoms with Crippen molar-refractivity contribution in [2.24, 2.45) is 13.0 Å². The molecule has 0 atom stereocenters. The predicted molar refractivity (Wildman–Crippen MR) is 118 cm³/mol. The number of hydrogen-bond acceptors (Lipinski definition) is 6. The third-order valence-electron chi connectivity index (χ3n) is 6.00. The van der Waals surface area contributed by atoms with Crippen molar-refractivity contribution in [2.75, 3.05) is 19.7 Å². The van der Waals surface area contributed by atoms with Crippen molar-refractivity contribution >= 4 is 32.7 Å². The summed E-state index contributed by atoms with van der Waals surface area (Å²) in [5.74, 6) is -0.568. The van der Waals surface area contributed by atoms with E-state index < -0.39 is 21.9 Å². The van der Waals surface area contributed by atoms with Gasteiger partial charge in [-0.05, 0) is 32.8 Å². The minimum Gasteiger partial charge on any atom is -0.457 e. The van der Waals surface area contributed by atoms with Crippen molar-refractivity contribution in [3.8, 4) is 0 Å². The second-order valence-electron chi connectivity index (χ2n) is 8.12. The van der Waals surface area contributed by atoms with E-state index in [1.165, 1.54) is 10.5 Å². The average molecular weight is 459 g/mol. The Hall–Kier alpha value is -2.98. The monoisotopic (exact) mass is 458 g/mol. The van der Waals surface area contributed by atoms with Gasteiger partial charge in [0.25, 0.3) is 10.0 Å². The van der Waals surface area contributed by atoms with E-state index in [-0.39, 0.29) is 30.5 Å². The molecule has 1 aromatic carbocycles. The number of para-hydroxylation sites is 1. The first-order valence-corrected chi connectivity index (χ1v) is 11.9. The highest BCUT2D eigenvalue weighted by Gasteiger charge is 2.34. The van der Waals surface area contributed by atoms with E-state index in [4.69, 9.17) is 4.74 Å². The molecular weight excluding hydrogens is 432 g/mol. The smallest absolute Gasteiger partial charge is 0.309 e. The molecule has 1 N–H and O–H groups in total. The van der Waals surface area contributed by atoms with Crippen molar-refractivity contribution < 1.29 is 22.7 Å². The highest BCUT2D eigenvalue weighted by molar-refractivity contribution is 7.89. The van der Waals surface area contributed by atoms with E-state index in [0.29, 0.717) is 24.2 Å². The van der Waals surface area contributed by atoms with Gasteiger partial charge in [-0.15, -0.1) is 0 Å². The Morgan fingerprint density at radius 1 is 1.19 bits per heavy atom. The molecule has 4 rings (SSSR count). The minimum absolute atomic E-state index is 0.0122. The number of ether oxygens (including phenoxy) is 1. The highest BCUT2D eigenvalue weighted by Crippen LogP contribution is 2.25. The number of piperidine rings is 1. The number of nitrogens with one attached hydrogen (secondary N) is 1. The van der Waals surface area contributed by atoms with Crippen LogP contribution in [0.15, 0.2) is 35.5 Å². The van der Waals surface area contributed by atoms with E-state index >= 15 is 0 Å². The Morgan fingerprint density at radius 3 is 2.53 bits per heavy atom. The van der Waals surface area contributed by atoms with Crippen molar-refractivity contribution in [1.82, 2.24) is 18.8 Å². The van der Waals surface area contributed by atoms with E-state index in [1.54, 1.807) is 18.5 Å². The lowest BCUT2D eigenvalue weighted by atomic mass is 9.98. The van der Waals surface area contributed by atoms with Gasteiger partial charge in [-0.1, -0.05) is 18.2 Å². The number of nitrogens with zero attached hydrogens (tertiary/aromatic N) is 3. The number of carbonyl (C=O) groups is 2. The largest absolute Gasteiger partial charge is 0.457 e. The normalized spacial score (nSPS) is 15.8. The Labute approximate surface area is 186 Å². The van der Waals surface area contributed by atoms with Crippen LogP contribution in [0.5, 0.6) is 0 Å². The van der Waals surface area contributed by atoms with Gasteiger partial charge in [-0.3, -0.25) is 9.59 Å². The number of aromatic nitrogens is 3. The van der Waals surface area contributed by atoms with Gasteiger partial charge in [-0.2, -0.15) is 4.31 Å². The standard InChI is InChI=1S/C22H26N4O5S/c1-14-21(17-6-4-5-7-18(17)23-14)19(27)13-31-22(28)16-8-10-26(11-9-16)32(29,30)20-12-25(3)15(2)24-20/h4-7,12,16,23H,8-11,13H2,1-3H3. The van der Waals surface area contributed by atoms with Crippen LogP contribution in [-0.2, 0) is 26.6 Å². The van der Waals surface area contributed by atoms with Gasteiger partial charge in [0, 0.05) is 48.5 Å². The summed E-state index contributed by atoms with van der Waals surface area (Å²) in [5.41, 5.74) is 2.12. The molecule has 0 spiro atoms. The molecule has 3 aromatic rings. The lowest BCUT2D eigenvalue weighted by Gasteiger charge is -2.29. The van der Waals surface area contributed by atoms with Crippen LogP contribution < -0.4 is 0 Å². The molecule has 1 aliphatic rings. The number of rotatable bonds is 6. The summed E-state index contributed by atoms with van der Waals surface area (Å²) < 4.78 is 33.9. The molecule has 1 saturated heterocycles. The number of carbonyl (C=O) groups excluding carboxylic acids is 2. The summed E-state index contributed by atoms with van der Waals surface area (Å²) in [4.78, 5) is 32.5. The Balaban J connectivity index is 1.35. The summed E-state index contributed by atoms with van der Waals surface area (Å²) in [6.45, 7) is 3.61. The number of H-pyrrole nitrogens is 1. The van der Waals surface area contributed by atoms with E-state index in [0.717, 1.165) is 16.6 Å². The van der Waals surface area contributed by atoms with Crippen LogP contribution in [0.2, 0.25) is 0 Å². The van der Waals surface area contributed by atoms with Crippen LogP contribution in [0.1, 0.15) is 34.7 Å². The Morgan fingerprint density at radius 2 is 1.88 bits per heavy atom. The number of aryl methyl sites for hydroxylation is 3. The molecule has 0 bridgehead atoms. The van der Waals surface area contributed by atoms with Crippen molar-refractivity contribution in [2.45, 2.75) is 31.7 Å². The molecule has 10 heteroatoms. The van der Waals surface area contributed by atoms with Crippen LogP contribution in [0.3, 0.4) is 0 Å². The third kappa shape index (κ3) is 4.07. The first-order chi connectivity index (χ1) is 15.2. The van der Waals surface area contributed by atoms with Gasteiger partial charge < -0.3 is 14.3 Å². The summed E-state index contributed by atoms with van der Waals surface area (Å²) in [5, 5.41) is 0.813. The van der Waals surface area contributed by atoms with Gasteiger partial charge in [0.15, 0.2) is 11.6 Å². The molecule has 32 heavy (non-hydrogen) atoms. The molecule has 170 valence electrons. The quantitative estimate of drug-likeness (QED) is 0.448. The maximum Gasteiger partial charge on any atom is 0.309 e. The van der Waals surface area contributed by atoms with E-state index in [1.807, 2.05) is 31.2 Å². The second kappa shape index (κ2) is 8.51. The lowest BCUT2D eigenvalue weighted by molar-refractivity contribution is -0.148. The summed E-state index contributed by atoms with van der Waals surface area (Å²) in [7, 11) is -1.96. The fraction of sp³-hybridized carbons (Fsp3) is 0.409. The number of fused-ring (bicyclic) bond motifs is 1. The molecule has 0 saturated carbocycles. The number of Topliss-reactive ketones (excluding diaryl/α,β-unsaturated/α-hetero) is 1. The molecule has 1 fully saturated rings. The Kier molecular flexibility index (Phi) is 5.91. The maximum atomic E-state index is 12.8. The fourth-order valence-corrected chi connectivity index (χ4v) is 5.57. The fourth-order valence-electron chi connectivity index (χ4n) is 4.08. The lowest BCUT2D eigenvalue weighted by Crippen LogP contribution is -2.41. The number of hydrogen-bond donors (Lipinski definition) is 1. The van der Waals surface area contributed by atoms with Gasteiger partial charge >= 0.3 is 5.97 Å². The summed E-state index contributed by atoms with van der Waals surface area (Å²) in [6, 6.07) is 7.48. The van der Waals surface area contributed by atoms with Crippen molar-refractivity contribution in [3.63, 3.8) is 0 Å². The summed E-state index contributed by atoms with van der Waals surface area (Å²) in [6.07, 6.45) is 2.16. The predicted octanol–water partition coefficient (Wildman–Crippen LogP) is 2.35. The number of benzene rings is 1. The number of esters is 1. The highest BCUT2D eigenvalue weighted by atomic mass is 32.2. The number of ketones is 1. The molecule has 2 aromatic heterocycles. The van der Waals surface area contributed by atoms with Crippen LogP contribution in [-0.4, -0.2) is 58.7 Å². The van der Waals surface area contributed by atoms with Crippen molar-refractivity contribution in [1.29, 1.82) is 0 Å². The topological polar surface area (TPSA) is 114 Å². The molecule has 1 aliphatic heterocycles. The number of sulfonamides is 1. The van der Waals surface area contributed by atoms with Gasteiger partial charge in [-0.25, -0.2) is 13.4 Å². The third-order valence-corrected chi connectivity index (χ3v) is 7.77. The molecule has 0 radical (unpaired) electrons. The zero-order valence-electron chi connectivity index (χ0n) is 18.3. The van der Waals surface area contributed by atoms with E-state index in [9.17, 15) is 18.0 Å². The Bertz CT molecular complexity index is 1260. The SMILES string of the molecule is Cc1[nH]c2ccccc2c1C(=O)COC(=O)C1CCN(S(=O)(=O)c2cn(C)c(C)n2)CC1. The summed E-state index contributed by atoms with van der Waals surface area (Å²) >= 11 is 0. The van der Waals surface area contributed by atoms with Crippen LogP contribution in [0.25, 0.3) is 10.9 Å². The van der Waals surface area contributed by atoms with E-state index in [2.05, 4.69) is 9.97 Å². The number of aromatic amines is 1. The second-order valence-corrected chi connectivity index (χ2v) is 10.0. The molecule has 9 nitrogen and oxygen atoms in total. The molecular formula is C22H26N4O5S. The molecule has 0 aliphatic carbocycles. The van der Waals surface area contributed by atoms with Gasteiger partial charge in [0.05, 0.1) is 5.92 Å². The first kappa shape index (κ1) is 22.2. The van der Waals surface area contributed by atoms with Crippen LogP contribution in [0, 0.1) is 19.8 Å². The van der Waals surface area contributed by atoms with Crippen LogP contribution >= 0.6 is 0 Å². The molecule has 0 unspecified atom stereocenters. The van der Waals surface area contributed by atoms with Gasteiger partial charge in [0.2, 0.25) is 5.78 Å². The molecule has 3 heterocycles. The van der Waals surface area contributed by atoms with Crippen LogP contribution in [0.4, 0.5) is 0 Å². The number of imidazole rings is 1. The minimum atomic E-state index is -3.70. The zero-order valence-corrected chi connectivity index (χ0v) is 19.1. The zero-order chi connectivity index (χ0) is 23.0. The average Bonchev–Trinajstić information content (AvgIpc) is 3.30. The maximum absolute atomic E-state index is 12.8. The molecule has 0 amide bonds. The van der Waals surface area contributed by atoms with Crippen molar-refractivity contribution in [3.05, 3.63) is 47.5 Å². The van der Waals surface area contributed by atoms with Gasteiger partial charge in [0.1, 0.15) is 5.82 Å². The first-order valence-electron chi connectivity index (χ1n) is 10.5.